The Balaban J connectivity index is 1.43. The van der Waals surface area contributed by atoms with Crippen molar-refractivity contribution >= 4 is 22.6 Å². The molecule has 1 fully saturated rings. The van der Waals surface area contributed by atoms with Gasteiger partial charge in [-0.25, -0.2) is 0 Å². The van der Waals surface area contributed by atoms with E-state index in [4.69, 9.17) is 0 Å². The van der Waals surface area contributed by atoms with Gasteiger partial charge in [0.15, 0.2) is 0 Å². The van der Waals surface area contributed by atoms with Gasteiger partial charge in [-0.2, -0.15) is 0 Å². The highest BCUT2D eigenvalue weighted by Gasteiger charge is 2.32. The van der Waals surface area contributed by atoms with Crippen LogP contribution >= 0.6 is 0 Å². The number of fused-ring (bicyclic) bond motifs is 1. The third kappa shape index (κ3) is 4.78. The number of aryl methyl sites for hydroxylation is 2. The van der Waals surface area contributed by atoms with Gasteiger partial charge in [-0.1, -0.05) is 48.5 Å². The first-order valence-corrected chi connectivity index (χ1v) is 10.9. The first kappa shape index (κ1) is 21.1. The molecular formula is C26H29N3O2. The summed E-state index contributed by atoms with van der Waals surface area (Å²) in [6.45, 7) is 5.83. The Hall–Kier alpha value is -3.18. The Kier molecular flexibility index (Phi) is 6.33. The number of carbonyl (C=O) groups is 2. The highest BCUT2D eigenvalue weighted by Crippen LogP contribution is 2.19. The van der Waals surface area contributed by atoms with Gasteiger partial charge in [0.05, 0.1) is 5.92 Å². The van der Waals surface area contributed by atoms with Crippen LogP contribution in [0.3, 0.4) is 0 Å². The van der Waals surface area contributed by atoms with Crippen molar-refractivity contribution in [1.29, 1.82) is 0 Å². The zero-order valence-electron chi connectivity index (χ0n) is 18.1. The van der Waals surface area contributed by atoms with Gasteiger partial charge in [0.1, 0.15) is 0 Å². The summed E-state index contributed by atoms with van der Waals surface area (Å²) in [5.74, 6) is -0.466. The summed E-state index contributed by atoms with van der Waals surface area (Å²) >= 11 is 0. The van der Waals surface area contributed by atoms with E-state index in [9.17, 15) is 9.59 Å². The van der Waals surface area contributed by atoms with E-state index < -0.39 is 0 Å². The molecule has 1 aliphatic heterocycles. The van der Waals surface area contributed by atoms with Crippen molar-refractivity contribution in [2.45, 2.75) is 32.9 Å². The fourth-order valence-electron chi connectivity index (χ4n) is 4.20. The molecule has 0 bridgehead atoms. The van der Waals surface area contributed by atoms with Crippen LogP contribution in [0.2, 0.25) is 0 Å². The van der Waals surface area contributed by atoms with Crippen molar-refractivity contribution in [2.75, 3.05) is 13.1 Å². The van der Waals surface area contributed by atoms with Crippen LogP contribution in [0.15, 0.2) is 60.7 Å². The van der Waals surface area contributed by atoms with Crippen molar-refractivity contribution in [2.24, 2.45) is 5.92 Å². The molecule has 31 heavy (non-hydrogen) atoms. The molecule has 5 heteroatoms. The number of rotatable bonds is 5. The fourth-order valence-corrected chi connectivity index (χ4v) is 4.20. The van der Waals surface area contributed by atoms with Crippen LogP contribution in [0.5, 0.6) is 0 Å². The molecule has 2 amide bonds. The predicted octanol–water partition coefficient (Wildman–Crippen LogP) is 3.48. The van der Waals surface area contributed by atoms with Crippen molar-refractivity contribution in [3.8, 4) is 0 Å². The number of benzene rings is 3. The molecule has 3 N–H and O–H groups in total. The lowest BCUT2D eigenvalue weighted by Crippen LogP contribution is -2.54. The summed E-state index contributed by atoms with van der Waals surface area (Å²) in [6, 6.07) is 19.8. The normalized spacial score (nSPS) is 18.5. The molecule has 0 aromatic heterocycles. The minimum absolute atomic E-state index is 0.0366. The SMILES string of the molecule is Cc1ccc(C(=O)NC2CCNCC2C(=O)NCc2cccc3ccccc23)cc1C. The minimum Gasteiger partial charge on any atom is -0.352 e. The molecule has 3 aromatic rings. The van der Waals surface area contributed by atoms with Gasteiger partial charge in [-0.15, -0.1) is 0 Å². The summed E-state index contributed by atoms with van der Waals surface area (Å²) in [5, 5.41) is 11.8. The predicted molar refractivity (Wildman–Crippen MR) is 124 cm³/mol. The summed E-state index contributed by atoms with van der Waals surface area (Å²) in [4.78, 5) is 25.8. The van der Waals surface area contributed by atoms with Crippen molar-refractivity contribution in [3.05, 3.63) is 82.9 Å². The second kappa shape index (κ2) is 9.31. The van der Waals surface area contributed by atoms with Crippen LogP contribution in [0.1, 0.15) is 33.5 Å². The molecule has 2 atom stereocenters. The maximum absolute atomic E-state index is 13.0. The van der Waals surface area contributed by atoms with Crippen molar-refractivity contribution in [1.82, 2.24) is 16.0 Å². The van der Waals surface area contributed by atoms with E-state index in [0.29, 0.717) is 18.7 Å². The maximum Gasteiger partial charge on any atom is 0.251 e. The van der Waals surface area contributed by atoms with Crippen molar-refractivity contribution < 1.29 is 9.59 Å². The van der Waals surface area contributed by atoms with Gasteiger partial charge in [-0.3, -0.25) is 9.59 Å². The Bertz CT molecular complexity index is 1100. The Labute approximate surface area is 183 Å². The second-order valence-corrected chi connectivity index (χ2v) is 8.33. The van der Waals surface area contributed by atoms with Crippen LogP contribution in [0, 0.1) is 19.8 Å². The summed E-state index contributed by atoms with van der Waals surface area (Å²) in [7, 11) is 0. The monoisotopic (exact) mass is 415 g/mol. The lowest BCUT2D eigenvalue weighted by Gasteiger charge is -2.32. The van der Waals surface area contributed by atoms with Gasteiger partial charge in [-0.05, 0) is 66.4 Å². The van der Waals surface area contributed by atoms with Crippen LogP contribution < -0.4 is 16.0 Å². The smallest absolute Gasteiger partial charge is 0.251 e. The number of amides is 2. The molecule has 5 nitrogen and oxygen atoms in total. The molecule has 1 heterocycles. The lowest BCUT2D eigenvalue weighted by atomic mass is 9.91. The molecule has 1 aliphatic rings. The Morgan fingerprint density at radius 3 is 2.65 bits per heavy atom. The third-order valence-corrected chi connectivity index (χ3v) is 6.24. The molecule has 160 valence electrons. The summed E-state index contributed by atoms with van der Waals surface area (Å²) in [6.07, 6.45) is 0.725. The van der Waals surface area contributed by atoms with E-state index in [0.717, 1.165) is 40.4 Å². The van der Waals surface area contributed by atoms with E-state index in [1.54, 1.807) is 0 Å². The maximum atomic E-state index is 13.0. The molecule has 0 spiro atoms. The summed E-state index contributed by atoms with van der Waals surface area (Å²) < 4.78 is 0. The van der Waals surface area contributed by atoms with Crippen LogP contribution in [-0.2, 0) is 11.3 Å². The van der Waals surface area contributed by atoms with E-state index >= 15 is 0 Å². The average molecular weight is 416 g/mol. The first-order chi connectivity index (χ1) is 15.0. The quantitative estimate of drug-likeness (QED) is 0.598. The van der Waals surface area contributed by atoms with E-state index in [1.807, 2.05) is 56.3 Å². The van der Waals surface area contributed by atoms with Crippen LogP contribution in [0.4, 0.5) is 0 Å². The zero-order chi connectivity index (χ0) is 21.8. The van der Waals surface area contributed by atoms with Gasteiger partial charge < -0.3 is 16.0 Å². The van der Waals surface area contributed by atoms with Crippen LogP contribution in [-0.4, -0.2) is 30.9 Å². The fraction of sp³-hybridized carbons (Fsp3) is 0.308. The number of hydrogen-bond donors (Lipinski definition) is 3. The largest absolute Gasteiger partial charge is 0.352 e. The number of piperidine rings is 1. The van der Waals surface area contributed by atoms with E-state index in [-0.39, 0.29) is 23.8 Å². The van der Waals surface area contributed by atoms with Gasteiger partial charge in [0.25, 0.3) is 5.91 Å². The molecule has 0 radical (unpaired) electrons. The van der Waals surface area contributed by atoms with Gasteiger partial charge in [0.2, 0.25) is 5.91 Å². The minimum atomic E-state index is -0.306. The average Bonchev–Trinajstić information content (AvgIpc) is 2.79. The molecule has 2 unspecified atom stereocenters. The topological polar surface area (TPSA) is 70.2 Å². The van der Waals surface area contributed by atoms with E-state index in [1.165, 1.54) is 0 Å². The number of hydrogen-bond acceptors (Lipinski definition) is 3. The highest BCUT2D eigenvalue weighted by atomic mass is 16.2. The van der Waals surface area contributed by atoms with Crippen molar-refractivity contribution in [3.63, 3.8) is 0 Å². The molecule has 4 rings (SSSR count). The molecule has 1 saturated heterocycles. The Morgan fingerprint density at radius 1 is 1.00 bits per heavy atom. The van der Waals surface area contributed by atoms with Crippen LogP contribution in [0.25, 0.3) is 10.8 Å². The lowest BCUT2D eigenvalue weighted by molar-refractivity contribution is -0.126. The standard InChI is InChI=1S/C26H29N3O2/c1-17-10-11-20(14-18(17)2)25(30)29-24-12-13-27-16-23(24)26(31)28-15-21-8-5-7-19-6-3-4-9-22(19)21/h3-11,14,23-24,27H,12-13,15-16H2,1-2H3,(H,28,31)(H,29,30). The molecule has 0 aliphatic carbocycles. The zero-order valence-corrected chi connectivity index (χ0v) is 18.1. The van der Waals surface area contributed by atoms with Gasteiger partial charge >= 0.3 is 0 Å². The number of nitrogens with one attached hydrogen (secondary N) is 3. The second-order valence-electron chi connectivity index (χ2n) is 8.33. The summed E-state index contributed by atoms with van der Waals surface area (Å²) in [5.41, 5.74) is 3.97. The molecular weight excluding hydrogens is 386 g/mol. The van der Waals surface area contributed by atoms with E-state index in [2.05, 4.69) is 34.1 Å². The number of carbonyl (C=O) groups excluding carboxylic acids is 2. The molecule has 0 saturated carbocycles. The first-order valence-electron chi connectivity index (χ1n) is 10.9. The Morgan fingerprint density at radius 2 is 1.81 bits per heavy atom. The highest BCUT2D eigenvalue weighted by molar-refractivity contribution is 5.95. The van der Waals surface area contributed by atoms with Gasteiger partial charge in [0, 0.05) is 24.7 Å². The molecule has 3 aromatic carbocycles. The third-order valence-electron chi connectivity index (χ3n) is 6.24.